The molecule has 1 N–H and O–H groups in total. The van der Waals surface area contributed by atoms with Crippen LogP contribution in [0.5, 0.6) is 0 Å². The Morgan fingerprint density at radius 3 is 2.80 bits per heavy atom. The molecule has 3 rings (SSSR count). The minimum Gasteiger partial charge on any atom is -0.354 e. The second-order valence-corrected chi connectivity index (χ2v) is 7.37. The van der Waals surface area contributed by atoms with Crippen molar-refractivity contribution < 1.29 is 4.79 Å². The molecular weight excluding hydrogens is 334 g/mol. The van der Waals surface area contributed by atoms with Crippen LogP contribution in [0.1, 0.15) is 31.0 Å². The van der Waals surface area contributed by atoms with Gasteiger partial charge in [0.2, 0.25) is 5.91 Å². The van der Waals surface area contributed by atoms with Crippen LogP contribution >= 0.6 is 11.6 Å². The van der Waals surface area contributed by atoms with Gasteiger partial charge in [-0.1, -0.05) is 41.9 Å². The predicted octanol–water partition coefficient (Wildman–Crippen LogP) is 3.45. The number of rotatable bonds is 6. The van der Waals surface area contributed by atoms with Crippen molar-refractivity contribution in [1.29, 1.82) is 0 Å². The molecule has 0 saturated carbocycles. The molecule has 0 spiro atoms. The summed E-state index contributed by atoms with van der Waals surface area (Å²) in [5.74, 6) is 0.00242. The number of carbonyl (C=O) groups excluding carboxylic acids is 1. The standard InChI is InChI=1S/C20H24ClN3O/c1-20(10-5-11-24(20)14-16-6-3-2-4-7-16)15-23-19(25)12-18-9-8-17(21)13-22-18/h2-4,6-9,13H,5,10-12,14-15H2,1H3,(H,23,25). The topological polar surface area (TPSA) is 45.2 Å². The van der Waals surface area contributed by atoms with Crippen LogP contribution in [0, 0.1) is 0 Å². The Labute approximate surface area is 154 Å². The third-order valence-electron chi connectivity index (χ3n) is 4.92. The van der Waals surface area contributed by atoms with E-state index in [-0.39, 0.29) is 17.9 Å². The molecule has 1 aromatic heterocycles. The molecule has 5 heteroatoms. The number of hydrogen-bond acceptors (Lipinski definition) is 3. The largest absolute Gasteiger partial charge is 0.354 e. The number of carbonyl (C=O) groups is 1. The van der Waals surface area contributed by atoms with Gasteiger partial charge in [-0.3, -0.25) is 14.7 Å². The van der Waals surface area contributed by atoms with E-state index in [4.69, 9.17) is 11.6 Å². The monoisotopic (exact) mass is 357 g/mol. The van der Waals surface area contributed by atoms with Crippen LogP contribution in [0.2, 0.25) is 5.02 Å². The van der Waals surface area contributed by atoms with Gasteiger partial charge in [0.25, 0.3) is 0 Å². The van der Waals surface area contributed by atoms with Crippen LogP contribution in [0.4, 0.5) is 0 Å². The first-order valence-electron chi connectivity index (χ1n) is 8.71. The predicted molar refractivity (Wildman–Crippen MR) is 100 cm³/mol. The highest BCUT2D eigenvalue weighted by atomic mass is 35.5. The van der Waals surface area contributed by atoms with Crippen LogP contribution in [0.3, 0.4) is 0 Å². The summed E-state index contributed by atoms with van der Waals surface area (Å²) in [7, 11) is 0. The second-order valence-electron chi connectivity index (χ2n) is 6.93. The number of hydrogen-bond donors (Lipinski definition) is 1. The first kappa shape index (κ1) is 17.9. The Morgan fingerprint density at radius 2 is 2.08 bits per heavy atom. The third-order valence-corrected chi connectivity index (χ3v) is 5.14. The number of nitrogens with zero attached hydrogens (tertiary/aromatic N) is 2. The van der Waals surface area contributed by atoms with E-state index in [0.717, 1.165) is 31.6 Å². The Balaban J connectivity index is 1.55. The van der Waals surface area contributed by atoms with Crippen LogP contribution in [0.15, 0.2) is 48.7 Å². The minimum absolute atomic E-state index is 0.00107. The number of aromatic nitrogens is 1. The average Bonchev–Trinajstić information content (AvgIpc) is 2.97. The number of amides is 1. The molecule has 1 amide bonds. The molecule has 1 atom stereocenters. The lowest BCUT2D eigenvalue weighted by atomic mass is 9.98. The molecule has 0 bridgehead atoms. The zero-order valence-electron chi connectivity index (χ0n) is 14.5. The Bertz CT molecular complexity index is 705. The summed E-state index contributed by atoms with van der Waals surface area (Å²) in [6, 6.07) is 14.1. The van der Waals surface area contributed by atoms with Crippen molar-refractivity contribution in [2.45, 2.75) is 38.3 Å². The number of halogens is 1. The number of pyridine rings is 1. The van der Waals surface area contributed by atoms with Crippen LogP contribution in [-0.4, -0.2) is 34.4 Å². The van der Waals surface area contributed by atoms with Gasteiger partial charge in [-0.05, 0) is 44.0 Å². The van der Waals surface area contributed by atoms with Crippen molar-refractivity contribution in [3.05, 3.63) is 64.9 Å². The van der Waals surface area contributed by atoms with E-state index in [0.29, 0.717) is 11.6 Å². The highest BCUT2D eigenvalue weighted by Gasteiger charge is 2.36. The summed E-state index contributed by atoms with van der Waals surface area (Å²) in [6.45, 7) is 4.89. The maximum atomic E-state index is 12.3. The molecule has 1 aromatic carbocycles. The average molecular weight is 358 g/mol. The van der Waals surface area contributed by atoms with E-state index in [2.05, 4.69) is 46.4 Å². The molecule has 1 fully saturated rings. The van der Waals surface area contributed by atoms with Gasteiger partial charge in [0.1, 0.15) is 0 Å². The molecule has 25 heavy (non-hydrogen) atoms. The first-order valence-corrected chi connectivity index (χ1v) is 9.09. The third kappa shape index (κ3) is 4.80. The fourth-order valence-electron chi connectivity index (χ4n) is 3.38. The summed E-state index contributed by atoms with van der Waals surface area (Å²) >= 11 is 5.83. The number of nitrogens with one attached hydrogen (secondary N) is 1. The summed E-state index contributed by atoms with van der Waals surface area (Å²) in [5, 5.41) is 3.67. The van der Waals surface area contributed by atoms with E-state index >= 15 is 0 Å². The summed E-state index contributed by atoms with van der Waals surface area (Å²) in [6.07, 6.45) is 4.12. The maximum Gasteiger partial charge on any atom is 0.226 e. The van der Waals surface area contributed by atoms with Gasteiger partial charge in [0, 0.05) is 30.5 Å². The van der Waals surface area contributed by atoms with Crippen molar-refractivity contribution in [1.82, 2.24) is 15.2 Å². The van der Waals surface area contributed by atoms with Crippen LogP contribution in [-0.2, 0) is 17.8 Å². The van der Waals surface area contributed by atoms with Crippen molar-refractivity contribution in [2.24, 2.45) is 0 Å². The first-order chi connectivity index (χ1) is 12.0. The van der Waals surface area contributed by atoms with Gasteiger partial charge in [-0.25, -0.2) is 0 Å². The molecule has 1 aliphatic heterocycles. The van der Waals surface area contributed by atoms with Crippen LogP contribution < -0.4 is 5.32 Å². The second kappa shape index (κ2) is 7.98. The van der Waals surface area contributed by atoms with Crippen LogP contribution in [0.25, 0.3) is 0 Å². The fourth-order valence-corrected chi connectivity index (χ4v) is 3.49. The van der Waals surface area contributed by atoms with E-state index in [1.807, 2.05) is 6.07 Å². The molecule has 2 heterocycles. The minimum atomic E-state index is -0.00107. The van der Waals surface area contributed by atoms with Crippen molar-refractivity contribution in [2.75, 3.05) is 13.1 Å². The van der Waals surface area contributed by atoms with Gasteiger partial charge < -0.3 is 5.32 Å². The zero-order chi connectivity index (χ0) is 17.7. The summed E-state index contributed by atoms with van der Waals surface area (Å²) in [5.41, 5.74) is 2.05. The van der Waals surface area contributed by atoms with E-state index < -0.39 is 0 Å². The Kier molecular flexibility index (Phi) is 5.71. The highest BCUT2D eigenvalue weighted by Crippen LogP contribution is 2.30. The van der Waals surface area contributed by atoms with Crippen molar-refractivity contribution in [3.63, 3.8) is 0 Å². The Morgan fingerprint density at radius 1 is 1.28 bits per heavy atom. The molecule has 1 saturated heterocycles. The lowest BCUT2D eigenvalue weighted by Gasteiger charge is -2.35. The lowest BCUT2D eigenvalue weighted by molar-refractivity contribution is -0.121. The maximum absolute atomic E-state index is 12.3. The van der Waals surface area contributed by atoms with E-state index in [9.17, 15) is 4.79 Å². The zero-order valence-corrected chi connectivity index (χ0v) is 15.3. The highest BCUT2D eigenvalue weighted by molar-refractivity contribution is 6.30. The van der Waals surface area contributed by atoms with Crippen molar-refractivity contribution in [3.8, 4) is 0 Å². The number of benzene rings is 1. The normalized spacial score (nSPS) is 20.6. The smallest absolute Gasteiger partial charge is 0.226 e. The molecule has 1 aliphatic rings. The van der Waals surface area contributed by atoms with E-state index in [1.54, 1.807) is 18.3 Å². The molecule has 2 aromatic rings. The van der Waals surface area contributed by atoms with E-state index in [1.165, 1.54) is 5.56 Å². The molecule has 4 nitrogen and oxygen atoms in total. The Hall–Kier alpha value is -1.91. The molecule has 132 valence electrons. The fraction of sp³-hybridized carbons (Fsp3) is 0.400. The molecule has 1 unspecified atom stereocenters. The molecule has 0 aliphatic carbocycles. The van der Waals surface area contributed by atoms with Gasteiger partial charge in [-0.15, -0.1) is 0 Å². The summed E-state index contributed by atoms with van der Waals surface area (Å²) < 4.78 is 0. The van der Waals surface area contributed by atoms with Gasteiger partial charge >= 0.3 is 0 Å². The van der Waals surface area contributed by atoms with Crippen molar-refractivity contribution >= 4 is 17.5 Å². The molecular formula is C20H24ClN3O. The number of likely N-dealkylation sites (tertiary alicyclic amines) is 1. The SMILES string of the molecule is CC1(CNC(=O)Cc2ccc(Cl)cn2)CCCN1Cc1ccccc1. The lowest BCUT2D eigenvalue weighted by Crippen LogP contribution is -2.49. The summed E-state index contributed by atoms with van der Waals surface area (Å²) in [4.78, 5) is 18.9. The molecule has 0 radical (unpaired) electrons. The van der Waals surface area contributed by atoms with Gasteiger partial charge in [0.15, 0.2) is 0 Å². The quantitative estimate of drug-likeness (QED) is 0.861. The van der Waals surface area contributed by atoms with Gasteiger partial charge in [-0.2, -0.15) is 0 Å². The van der Waals surface area contributed by atoms with Gasteiger partial charge in [0.05, 0.1) is 11.4 Å².